The average molecular weight is 225 g/mol. The smallest absolute Gasteiger partial charge is 0.460 e. The monoisotopic (exact) mass is 225 g/mol. The molecule has 86 valence electrons. The van der Waals surface area contributed by atoms with Crippen molar-refractivity contribution >= 4 is 11.9 Å². The Morgan fingerprint density at radius 3 is 2.47 bits per heavy atom. The summed E-state index contributed by atoms with van der Waals surface area (Å²) in [5, 5.41) is 1.39. The van der Waals surface area contributed by atoms with Crippen molar-refractivity contribution in [2.45, 2.75) is 13.1 Å². The summed E-state index contributed by atoms with van der Waals surface area (Å²) in [7, 11) is 0. The van der Waals surface area contributed by atoms with Crippen LogP contribution < -0.4 is 5.32 Å². The number of esters is 1. The Kier molecular flexibility index (Phi) is 5.43. The molecule has 4 nitrogen and oxygen atoms in total. The number of hydrogen-bond acceptors (Lipinski definition) is 3. The number of carbonyl (C=O) groups is 2. The predicted molar refractivity (Wildman–Crippen MR) is 44.8 cm³/mol. The van der Waals surface area contributed by atoms with E-state index in [1.165, 1.54) is 11.4 Å². The van der Waals surface area contributed by atoms with Crippen molar-refractivity contribution in [3.63, 3.8) is 0 Å². The number of hydrogen-bond donors (Lipinski definition) is 1. The minimum absolute atomic E-state index is 0.0305. The fourth-order valence-electron chi connectivity index (χ4n) is 0.541. The van der Waals surface area contributed by atoms with E-state index in [1.54, 1.807) is 13.0 Å². The molecule has 0 aromatic carbocycles. The molecule has 0 spiro atoms. The number of carbonyl (C=O) groups excluding carboxylic acids is 2. The lowest BCUT2D eigenvalue weighted by atomic mass is 10.5. The lowest BCUT2D eigenvalue weighted by Crippen LogP contribution is -2.40. The van der Waals surface area contributed by atoms with E-state index < -0.39 is 24.6 Å². The summed E-state index contributed by atoms with van der Waals surface area (Å²) in [6, 6.07) is 0. The van der Waals surface area contributed by atoms with E-state index in [-0.39, 0.29) is 6.61 Å². The minimum Gasteiger partial charge on any atom is -0.460 e. The van der Waals surface area contributed by atoms with Crippen LogP contribution in [0.1, 0.15) is 6.92 Å². The minimum atomic E-state index is -4.98. The van der Waals surface area contributed by atoms with Crippen molar-refractivity contribution in [1.29, 1.82) is 0 Å². The van der Waals surface area contributed by atoms with Crippen LogP contribution in [-0.2, 0) is 14.3 Å². The fraction of sp³-hybridized carbons (Fsp3) is 0.500. The van der Waals surface area contributed by atoms with Crippen LogP contribution >= 0.6 is 0 Å². The van der Waals surface area contributed by atoms with E-state index in [1.807, 2.05) is 0 Å². The van der Waals surface area contributed by atoms with Crippen LogP contribution in [0.5, 0.6) is 0 Å². The molecule has 0 aliphatic rings. The standard InChI is InChI=1S/C8H10F3NO3/c1-2-3-4-15-6(13)5-12-7(14)8(9,10)11/h2-3H,4-5H2,1H3,(H,12,14)/b3-2-. The summed E-state index contributed by atoms with van der Waals surface area (Å²) in [6.07, 6.45) is -1.87. The van der Waals surface area contributed by atoms with Gasteiger partial charge in [-0.3, -0.25) is 9.59 Å². The molecular weight excluding hydrogens is 215 g/mol. The Labute approximate surface area is 84.1 Å². The van der Waals surface area contributed by atoms with Crippen LogP contribution in [0.2, 0.25) is 0 Å². The number of halogens is 3. The molecule has 0 fully saturated rings. The van der Waals surface area contributed by atoms with Crippen LogP contribution in [0.4, 0.5) is 13.2 Å². The number of rotatable bonds is 4. The van der Waals surface area contributed by atoms with Crippen LogP contribution in [0.3, 0.4) is 0 Å². The molecule has 0 heterocycles. The van der Waals surface area contributed by atoms with Gasteiger partial charge in [-0.25, -0.2) is 0 Å². The Bertz CT molecular complexity index is 260. The summed E-state index contributed by atoms with van der Waals surface area (Å²) in [6.45, 7) is 0.867. The molecule has 0 saturated carbocycles. The van der Waals surface area contributed by atoms with Crippen LogP contribution in [0, 0.1) is 0 Å². The molecule has 0 aromatic heterocycles. The Morgan fingerprint density at radius 1 is 1.40 bits per heavy atom. The van der Waals surface area contributed by atoms with Gasteiger partial charge >= 0.3 is 18.1 Å². The maximum atomic E-state index is 11.6. The van der Waals surface area contributed by atoms with Gasteiger partial charge in [-0.05, 0) is 6.92 Å². The average Bonchev–Trinajstić information content (AvgIpc) is 2.13. The van der Waals surface area contributed by atoms with E-state index in [2.05, 4.69) is 4.74 Å². The van der Waals surface area contributed by atoms with Gasteiger partial charge in [0, 0.05) is 0 Å². The molecular formula is C8H10F3NO3. The van der Waals surface area contributed by atoms with E-state index in [4.69, 9.17) is 0 Å². The first-order valence-electron chi connectivity index (χ1n) is 3.99. The second-order valence-electron chi connectivity index (χ2n) is 2.43. The van der Waals surface area contributed by atoms with E-state index in [9.17, 15) is 22.8 Å². The van der Waals surface area contributed by atoms with Crippen LogP contribution in [0.25, 0.3) is 0 Å². The highest BCUT2D eigenvalue weighted by atomic mass is 19.4. The molecule has 7 heteroatoms. The summed E-state index contributed by atoms with van der Waals surface area (Å²) in [5.41, 5.74) is 0. The highest BCUT2D eigenvalue weighted by Gasteiger charge is 2.38. The SMILES string of the molecule is C/C=C\COC(=O)CNC(=O)C(F)(F)F. The van der Waals surface area contributed by atoms with Gasteiger partial charge in [0.25, 0.3) is 0 Å². The largest absolute Gasteiger partial charge is 0.471 e. The first-order chi connectivity index (χ1) is 6.88. The van der Waals surface area contributed by atoms with Crippen molar-refractivity contribution in [3.05, 3.63) is 12.2 Å². The lowest BCUT2D eigenvalue weighted by Gasteiger charge is -2.06. The van der Waals surface area contributed by atoms with Crippen molar-refractivity contribution < 1.29 is 27.5 Å². The van der Waals surface area contributed by atoms with Crippen molar-refractivity contribution in [3.8, 4) is 0 Å². The predicted octanol–water partition coefficient (Wildman–Crippen LogP) is 0.784. The fourth-order valence-corrected chi connectivity index (χ4v) is 0.541. The van der Waals surface area contributed by atoms with E-state index in [0.717, 1.165) is 0 Å². The third kappa shape index (κ3) is 6.53. The van der Waals surface area contributed by atoms with Gasteiger partial charge in [-0.1, -0.05) is 12.2 Å². The van der Waals surface area contributed by atoms with Gasteiger partial charge in [0.15, 0.2) is 0 Å². The topological polar surface area (TPSA) is 55.4 Å². The molecule has 0 aliphatic carbocycles. The molecule has 0 rings (SSSR count). The maximum absolute atomic E-state index is 11.6. The molecule has 0 radical (unpaired) electrons. The van der Waals surface area contributed by atoms with Gasteiger partial charge < -0.3 is 10.1 Å². The van der Waals surface area contributed by atoms with Crippen LogP contribution in [0.15, 0.2) is 12.2 Å². The number of alkyl halides is 3. The summed E-state index contributed by atoms with van der Waals surface area (Å²) in [4.78, 5) is 21.0. The number of nitrogens with one attached hydrogen (secondary N) is 1. The van der Waals surface area contributed by atoms with Gasteiger partial charge in [0.05, 0.1) is 0 Å². The number of amides is 1. The summed E-state index contributed by atoms with van der Waals surface area (Å²) >= 11 is 0. The first kappa shape index (κ1) is 13.5. The third-order valence-electron chi connectivity index (χ3n) is 1.23. The molecule has 15 heavy (non-hydrogen) atoms. The quantitative estimate of drug-likeness (QED) is 0.568. The van der Waals surface area contributed by atoms with Crippen LogP contribution in [-0.4, -0.2) is 31.2 Å². The summed E-state index contributed by atoms with van der Waals surface area (Å²) < 4.78 is 39.3. The lowest BCUT2D eigenvalue weighted by molar-refractivity contribution is -0.174. The number of ether oxygens (including phenoxy) is 1. The van der Waals surface area contributed by atoms with Gasteiger partial charge in [0.1, 0.15) is 13.2 Å². The highest BCUT2D eigenvalue weighted by Crippen LogP contribution is 2.13. The molecule has 1 N–H and O–H groups in total. The zero-order valence-electron chi connectivity index (χ0n) is 7.93. The molecule has 0 atom stereocenters. The molecule has 0 aromatic rings. The Balaban J connectivity index is 3.77. The number of allylic oxidation sites excluding steroid dienone is 1. The maximum Gasteiger partial charge on any atom is 0.471 e. The molecule has 1 amide bonds. The second kappa shape index (κ2) is 6.05. The normalized spacial score (nSPS) is 11.5. The second-order valence-corrected chi connectivity index (χ2v) is 2.43. The third-order valence-corrected chi connectivity index (χ3v) is 1.23. The van der Waals surface area contributed by atoms with Gasteiger partial charge in [-0.2, -0.15) is 13.2 Å². The molecule has 0 aliphatic heterocycles. The zero-order valence-corrected chi connectivity index (χ0v) is 7.93. The van der Waals surface area contributed by atoms with Crippen molar-refractivity contribution in [1.82, 2.24) is 5.32 Å². The Morgan fingerprint density at radius 2 is 2.00 bits per heavy atom. The van der Waals surface area contributed by atoms with Gasteiger partial charge in [-0.15, -0.1) is 0 Å². The van der Waals surface area contributed by atoms with Gasteiger partial charge in [0.2, 0.25) is 0 Å². The zero-order chi connectivity index (χ0) is 11.9. The summed E-state index contributed by atoms with van der Waals surface area (Å²) in [5.74, 6) is -3.09. The van der Waals surface area contributed by atoms with E-state index >= 15 is 0 Å². The molecule has 0 unspecified atom stereocenters. The van der Waals surface area contributed by atoms with Crippen molar-refractivity contribution in [2.75, 3.05) is 13.2 Å². The first-order valence-corrected chi connectivity index (χ1v) is 3.99. The van der Waals surface area contributed by atoms with Crippen molar-refractivity contribution in [2.24, 2.45) is 0 Å². The Hall–Kier alpha value is -1.53. The van der Waals surface area contributed by atoms with E-state index in [0.29, 0.717) is 0 Å². The molecule has 0 bridgehead atoms. The highest BCUT2D eigenvalue weighted by molar-refractivity contribution is 5.85. The molecule has 0 saturated heterocycles.